The highest BCUT2D eigenvalue weighted by Gasteiger charge is 2.51. The molecule has 0 spiro atoms. The van der Waals surface area contributed by atoms with Crippen molar-refractivity contribution in [1.29, 1.82) is 0 Å². The summed E-state index contributed by atoms with van der Waals surface area (Å²) in [6, 6.07) is 12.2. The molecule has 2 aromatic carbocycles. The van der Waals surface area contributed by atoms with E-state index in [0.29, 0.717) is 24.1 Å². The van der Waals surface area contributed by atoms with Crippen molar-refractivity contribution in [2.45, 2.75) is 30.9 Å². The summed E-state index contributed by atoms with van der Waals surface area (Å²) in [5.41, 5.74) is 1.13. The fourth-order valence-corrected chi connectivity index (χ4v) is 2.94. The Morgan fingerprint density at radius 2 is 1.57 bits per heavy atom. The van der Waals surface area contributed by atoms with Crippen molar-refractivity contribution < 1.29 is 27.2 Å². The number of hydrogen-bond donors (Lipinski definition) is 2. The molecule has 0 aromatic heterocycles. The van der Waals surface area contributed by atoms with E-state index in [4.69, 9.17) is 0 Å². The van der Waals surface area contributed by atoms with E-state index in [2.05, 4.69) is 5.32 Å². The SMILES string of the molecule is O=C(Cc1ccc(NC(=O)C2(c3ccc(F)cc3)CC2)cc1)NCC(F)(F)F. The number of benzene rings is 2. The highest BCUT2D eigenvalue weighted by Crippen LogP contribution is 2.49. The predicted octanol–water partition coefficient (Wildman–Crippen LogP) is 3.72. The van der Waals surface area contributed by atoms with Crippen LogP contribution in [0.3, 0.4) is 0 Å². The monoisotopic (exact) mass is 394 g/mol. The molecule has 0 radical (unpaired) electrons. The molecule has 0 aliphatic heterocycles. The van der Waals surface area contributed by atoms with E-state index in [1.165, 1.54) is 12.1 Å². The molecule has 0 unspecified atom stereocenters. The Labute approximate surface area is 158 Å². The molecular formula is C20H18F4N2O2. The van der Waals surface area contributed by atoms with E-state index in [9.17, 15) is 27.2 Å². The van der Waals surface area contributed by atoms with Gasteiger partial charge in [0.15, 0.2) is 0 Å². The molecule has 1 fully saturated rings. The van der Waals surface area contributed by atoms with E-state index in [1.54, 1.807) is 36.4 Å². The molecule has 0 atom stereocenters. The van der Waals surface area contributed by atoms with Crippen LogP contribution in [0.5, 0.6) is 0 Å². The van der Waals surface area contributed by atoms with Gasteiger partial charge in [0.25, 0.3) is 0 Å². The first-order valence-electron chi connectivity index (χ1n) is 8.68. The van der Waals surface area contributed by atoms with Gasteiger partial charge in [-0.2, -0.15) is 13.2 Å². The standard InChI is InChI=1S/C20H18F4N2O2/c21-15-5-3-14(4-6-15)19(9-10-19)18(28)26-16-7-1-13(2-8-16)11-17(27)25-12-20(22,23)24/h1-8H,9-12H2,(H,25,27)(H,26,28). The second kappa shape index (κ2) is 7.61. The Balaban J connectivity index is 1.58. The zero-order valence-electron chi connectivity index (χ0n) is 14.8. The van der Waals surface area contributed by atoms with Crippen LogP contribution in [0.15, 0.2) is 48.5 Å². The minimum atomic E-state index is -4.45. The molecule has 4 nitrogen and oxygen atoms in total. The van der Waals surface area contributed by atoms with Crippen LogP contribution < -0.4 is 10.6 Å². The van der Waals surface area contributed by atoms with Crippen LogP contribution in [-0.2, 0) is 21.4 Å². The lowest BCUT2D eigenvalue weighted by Crippen LogP contribution is -2.34. The second-order valence-corrected chi connectivity index (χ2v) is 6.81. The smallest absolute Gasteiger partial charge is 0.347 e. The molecule has 0 saturated heterocycles. The first-order valence-corrected chi connectivity index (χ1v) is 8.68. The quantitative estimate of drug-likeness (QED) is 0.734. The van der Waals surface area contributed by atoms with Gasteiger partial charge in [0.1, 0.15) is 12.4 Å². The Morgan fingerprint density at radius 1 is 0.964 bits per heavy atom. The average Bonchev–Trinajstić information content (AvgIpc) is 3.44. The number of alkyl halides is 3. The summed E-state index contributed by atoms with van der Waals surface area (Å²) < 4.78 is 49.4. The van der Waals surface area contributed by atoms with Gasteiger partial charge in [0.2, 0.25) is 11.8 Å². The van der Waals surface area contributed by atoms with E-state index in [0.717, 1.165) is 5.56 Å². The van der Waals surface area contributed by atoms with Gasteiger partial charge in [-0.25, -0.2) is 4.39 Å². The fourth-order valence-electron chi connectivity index (χ4n) is 2.94. The molecule has 2 amide bonds. The fraction of sp³-hybridized carbons (Fsp3) is 0.300. The van der Waals surface area contributed by atoms with Crippen molar-refractivity contribution in [3.8, 4) is 0 Å². The number of halogens is 4. The highest BCUT2D eigenvalue weighted by molar-refractivity contribution is 6.01. The Morgan fingerprint density at radius 3 is 2.11 bits per heavy atom. The van der Waals surface area contributed by atoms with Gasteiger partial charge in [0, 0.05) is 5.69 Å². The maximum Gasteiger partial charge on any atom is 0.405 e. The number of amides is 2. The van der Waals surface area contributed by atoms with Crippen molar-refractivity contribution in [3.05, 3.63) is 65.5 Å². The van der Waals surface area contributed by atoms with Gasteiger partial charge in [-0.05, 0) is 48.2 Å². The van der Waals surface area contributed by atoms with Gasteiger partial charge in [-0.3, -0.25) is 9.59 Å². The number of hydrogen-bond acceptors (Lipinski definition) is 2. The van der Waals surface area contributed by atoms with Crippen LogP contribution in [0.4, 0.5) is 23.2 Å². The van der Waals surface area contributed by atoms with E-state index in [-0.39, 0.29) is 18.1 Å². The van der Waals surface area contributed by atoms with Crippen molar-refractivity contribution in [2.75, 3.05) is 11.9 Å². The lowest BCUT2D eigenvalue weighted by atomic mass is 9.95. The summed E-state index contributed by atoms with van der Waals surface area (Å²) >= 11 is 0. The predicted molar refractivity (Wildman–Crippen MR) is 95.2 cm³/mol. The summed E-state index contributed by atoms with van der Waals surface area (Å²) in [5, 5.41) is 4.61. The van der Waals surface area contributed by atoms with Gasteiger partial charge in [-0.1, -0.05) is 24.3 Å². The first kappa shape index (κ1) is 19.9. The molecule has 2 N–H and O–H groups in total. The third kappa shape index (κ3) is 4.88. The Hall–Kier alpha value is -2.90. The lowest BCUT2D eigenvalue weighted by Gasteiger charge is -2.16. The number of carbonyl (C=O) groups is 2. The van der Waals surface area contributed by atoms with Crippen LogP contribution in [0, 0.1) is 5.82 Å². The Bertz CT molecular complexity index is 857. The minimum absolute atomic E-state index is 0.191. The van der Waals surface area contributed by atoms with Crippen molar-refractivity contribution in [1.82, 2.24) is 5.32 Å². The molecule has 0 bridgehead atoms. The van der Waals surface area contributed by atoms with Crippen molar-refractivity contribution >= 4 is 17.5 Å². The van der Waals surface area contributed by atoms with Crippen LogP contribution in [0.2, 0.25) is 0 Å². The maximum atomic E-state index is 13.1. The van der Waals surface area contributed by atoms with Gasteiger partial charge >= 0.3 is 6.18 Å². The zero-order valence-corrected chi connectivity index (χ0v) is 14.8. The first-order chi connectivity index (χ1) is 13.2. The Kier molecular flexibility index (Phi) is 5.40. The van der Waals surface area contributed by atoms with E-state index < -0.39 is 24.0 Å². The second-order valence-electron chi connectivity index (χ2n) is 6.81. The highest BCUT2D eigenvalue weighted by atomic mass is 19.4. The minimum Gasteiger partial charge on any atom is -0.347 e. The van der Waals surface area contributed by atoms with Gasteiger partial charge in [-0.15, -0.1) is 0 Å². The topological polar surface area (TPSA) is 58.2 Å². The van der Waals surface area contributed by atoms with E-state index in [1.807, 2.05) is 5.32 Å². The number of carbonyl (C=O) groups excluding carboxylic acids is 2. The molecule has 0 heterocycles. The van der Waals surface area contributed by atoms with E-state index >= 15 is 0 Å². The lowest BCUT2D eigenvalue weighted by molar-refractivity contribution is -0.138. The molecule has 3 rings (SSSR count). The van der Waals surface area contributed by atoms with Crippen LogP contribution in [0.25, 0.3) is 0 Å². The number of anilines is 1. The molecule has 1 saturated carbocycles. The zero-order chi connectivity index (χ0) is 20.4. The number of nitrogens with one attached hydrogen (secondary N) is 2. The molecule has 2 aromatic rings. The van der Waals surface area contributed by atoms with Crippen LogP contribution in [0.1, 0.15) is 24.0 Å². The van der Waals surface area contributed by atoms with Crippen LogP contribution in [-0.4, -0.2) is 24.5 Å². The number of rotatable bonds is 6. The van der Waals surface area contributed by atoms with Gasteiger partial charge < -0.3 is 10.6 Å². The summed E-state index contributed by atoms with van der Waals surface area (Å²) in [4.78, 5) is 24.2. The largest absolute Gasteiger partial charge is 0.405 e. The molecule has 8 heteroatoms. The summed E-state index contributed by atoms with van der Waals surface area (Å²) in [7, 11) is 0. The maximum absolute atomic E-state index is 13.1. The summed E-state index contributed by atoms with van der Waals surface area (Å²) in [6.45, 7) is -1.37. The molecule has 1 aliphatic carbocycles. The van der Waals surface area contributed by atoms with Crippen molar-refractivity contribution in [2.24, 2.45) is 0 Å². The normalized spacial score (nSPS) is 15.0. The molecule has 28 heavy (non-hydrogen) atoms. The molecule has 148 valence electrons. The third-order valence-corrected chi connectivity index (χ3v) is 4.64. The summed E-state index contributed by atoms with van der Waals surface area (Å²) in [6.07, 6.45) is -3.30. The molecular weight excluding hydrogens is 376 g/mol. The average molecular weight is 394 g/mol. The van der Waals surface area contributed by atoms with Crippen LogP contribution >= 0.6 is 0 Å². The van der Waals surface area contributed by atoms with Crippen molar-refractivity contribution in [3.63, 3.8) is 0 Å². The molecule has 1 aliphatic rings. The third-order valence-electron chi connectivity index (χ3n) is 4.64. The summed E-state index contributed by atoms with van der Waals surface area (Å²) in [5.74, 6) is -1.30. The van der Waals surface area contributed by atoms with Gasteiger partial charge in [0.05, 0.1) is 11.8 Å².